The Hall–Kier alpha value is -2.16. The summed E-state index contributed by atoms with van der Waals surface area (Å²) in [5.41, 5.74) is 8.88. The highest BCUT2D eigenvalue weighted by atomic mass is 15.2. The van der Waals surface area contributed by atoms with Crippen molar-refractivity contribution in [2.75, 3.05) is 19.6 Å². The molecule has 0 radical (unpaired) electrons. The van der Waals surface area contributed by atoms with E-state index >= 15 is 0 Å². The summed E-state index contributed by atoms with van der Waals surface area (Å²) in [5, 5.41) is 2.63. The van der Waals surface area contributed by atoms with E-state index in [2.05, 4.69) is 77.7 Å². The highest BCUT2D eigenvalue weighted by Crippen LogP contribution is 2.33. The molecule has 0 spiro atoms. The van der Waals surface area contributed by atoms with Gasteiger partial charge in [0, 0.05) is 25.6 Å². The quantitative estimate of drug-likeness (QED) is 0.788. The summed E-state index contributed by atoms with van der Waals surface area (Å²) in [4.78, 5) is 2.55. The molecule has 3 aromatic rings. The molecule has 24 heavy (non-hydrogen) atoms. The predicted molar refractivity (Wildman–Crippen MR) is 101 cm³/mol. The maximum Gasteiger partial charge on any atom is 0.0234 e. The van der Waals surface area contributed by atoms with Crippen LogP contribution in [-0.2, 0) is 6.54 Å². The molecular formula is C22H24N2. The summed E-state index contributed by atoms with van der Waals surface area (Å²) in [7, 11) is 0. The molecule has 2 heteroatoms. The van der Waals surface area contributed by atoms with Crippen LogP contribution in [0.3, 0.4) is 0 Å². The Kier molecular flexibility index (Phi) is 4.33. The number of likely N-dealkylation sites (tertiary alicyclic amines) is 1. The van der Waals surface area contributed by atoms with Crippen LogP contribution in [-0.4, -0.2) is 24.5 Å². The van der Waals surface area contributed by atoms with Gasteiger partial charge in [0.1, 0.15) is 0 Å². The molecule has 2 atom stereocenters. The number of rotatable bonds is 4. The maximum absolute atomic E-state index is 6.06. The van der Waals surface area contributed by atoms with E-state index in [1.54, 1.807) is 0 Å². The Labute approximate surface area is 143 Å². The van der Waals surface area contributed by atoms with E-state index in [1.807, 2.05) is 0 Å². The maximum atomic E-state index is 6.06. The van der Waals surface area contributed by atoms with Crippen LogP contribution in [0.4, 0.5) is 0 Å². The van der Waals surface area contributed by atoms with Crippen LogP contribution in [0.1, 0.15) is 17.0 Å². The van der Waals surface area contributed by atoms with E-state index in [1.165, 1.54) is 21.9 Å². The normalized spacial score (nSPS) is 21.4. The van der Waals surface area contributed by atoms with Crippen molar-refractivity contribution in [3.05, 3.63) is 83.9 Å². The smallest absolute Gasteiger partial charge is 0.0234 e. The number of benzene rings is 3. The number of nitrogens with two attached hydrogens (primary N) is 1. The lowest BCUT2D eigenvalue weighted by Crippen LogP contribution is -2.23. The Balaban J connectivity index is 1.52. The molecule has 0 aromatic heterocycles. The fourth-order valence-electron chi connectivity index (χ4n) is 4.00. The monoisotopic (exact) mass is 316 g/mol. The standard InChI is InChI=1S/C22H24N2/c23-13-21-15-24(16-22(21)19-7-2-1-3-8-19)14-17-10-11-18-6-4-5-9-20(18)12-17/h1-12,21-22H,13-16,23H2/t21-,22+/m1/s1. The van der Waals surface area contributed by atoms with Gasteiger partial charge in [0.15, 0.2) is 0 Å². The minimum absolute atomic E-state index is 0.549. The Bertz CT molecular complexity index is 812. The molecule has 0 aliphatic carbocycles. The third-order valence-corrected chi connectivity index (χ3v) is 5.27. The van der Waals surface area contributed by atoms with Crippen LogP contribution in [0.2, 0.25) is 0 Å². The summed E-state index contributed by atoms with van der Waals surface area (Å²) in [5.74, 6) is 1.10. The van der Waals surface area contributed by atoms with Crippen LogP contribution in [0.5, 0.6) is 0 Å². The lowest BCUT2D eigenvalue weighted by Gasteiger charge is -2.17. The third-order valence-electron chi connectivity index (χ3n) is 5.27. The van der Waals surface area contributed by atoms with Crippen molar-refractivity contribution in [2.24, 2.45) is 11.7 Å². The number of hydrogen-bond donors (Lipinski definition) is 1. The van der Waals surface area contributed by atoms with Gasteiger partial charge in [-0.3, -0.25) is 4.90 Å². The molecule has 2 nitrogen and oxygen atoms in total. The molecule has 1 saturated heterocycles. The van der Waals surface area contributed by atoms with E-state index in [-0.39, 0.29) is 0 Å². The summed E-state index contributed by atoms with van der Waals surface area (Å²) in [6.07, 6.45) is 0. The zero-order valence-electron chi connectivity index (χ0n) is 13.9. The van der Waals surface area contributed by atoms with E-state index in [0.29, 0.717) is 11.8 Å². The fourth-order valence-corrected chi connectivity index (χ4v) is 4.00. The second-order valence-electron chi connectivity index (χ2n) is 6.89. The molecule has 0 amide bonds. The lowest BCUT2D eigenvalue weighted by molar-refractivity contribution is 0.317. The first kappa shape index (κ1) is 15.4. The average molecular weight is 316 g/mol. The SMILES string of the molecule is NC[C@@H]1CN(Cc2ccc3ccccc3c2)C[C@H]1c1ccccc1. The van der Waals surface area contributed by atoms with Crippen molar-refractivity contribution >= 4 is 10.8 Å². The average Bonchev–Trinajstić information content (AvgIpc) is 3.05. The molecule has 122 valence electrons. The van der Waals surface area contributed by atoms with Gasteiger partial charge < -0.3 is 5.73 Å². The van der Waals surface area contributed by atoms with Crippen molar-refractivity contribution in [3.8, 4) is 0 Å². The molecule has 0 unspecified atom stereocenters. The number of nitrogens with zero attached hydrogens (tertiary/aromatic N) is 1. The highest BCUT2D eigenvalue weighted by Gasteiger charge is 2.32. The molecule has 4 rings (SSSR count). The van der Waals surface area contributed by atoms with E-state index in [0.717, 1.165) is 26.2 Å². The van der Waals surface area contributed by atoms with E-state index in [4.69, 9.17) is 5.73 Å². The first-order chi connectivity index (χ1) is 11.8. The van der Waals surface area contributed by atoms with Gasteiger partial charge in [0.05, 0.1) is 0 Å². The lowest BCUT2D eigenvalue weighted by atomic mass is 9.89. The minimum Gasteiger partial charge on any atom is -0.330 e. The fraction of sp³-hybridized carbons (Fsp3) is 0.273. The van der Waals surface area contributed by atoms with Crippen molar-refractivity contribution in [2.45, 2.75) is 12.5 Å². The molecule has 0 bridgehead atoms. The molecule has 1 fully saturated rings. The molecular weight excluding hydrogens is 292 g/mol. The van der Waals surface area contributed by atoms with Crippen molar-refractivity contribution in [3.63, 3.8) is 0 Å². The Morgan fingerprint density at radius 3 is 2.38 bits per heavy atom. The van der Waals surface area contributed by atoms with Crippen LogP contribution < -0.4 is 5.73 Å². The zero-order valence-corrected chi connectivity index (χ0v) is 13.9. The summed E-state index contributed by atoms with van der Waals surface area (Å²) < 4.78 is 0. The third kappa shape index (κ3) is 3.08. The van der Waals surface area contributed by atoms with Crippen molar-refractivity contribution < 1.29 is 0 Å². The van der Waals surface area contributed by atoms with Crippen molar-refractivity contribution in [1.29, 1.82) is 0 Å². The van der Waals surface area contributed by atoms with E-state index < -0.39 is 0 Å². The zero-order chi connectivity index (χ0) is 16.4. The molecule has 1 heterocycles. The summed E-state index contributed by atoms with van der Waals surface area (Å²) in [6.45, 7) is 3.94. The van der Waals surface area contributed by atoms with Crippen LogP contribution >= 0.6 is 0 Å². The molecule has 3 aromatic carbocycles. The van der Waals surface area contributed by atoms with Crippen LogP contribution in [0.25, 0.3) is 10.8 Å². The topological polar surface area (TPSA) is 29.3 Å². The number of fused-ring (bicyclic) bond motifs is 1. The van der Waals surface area contributed by atoms with Gasteiger partial charge in [-0.25, -0.2) is 0 Å². The first-order valence-corrected chi connectivity index (χ1v) is 8.78. The molecule has 1 aliphatic rings. The molecule has 0 saturated carbocycles. The highest BCUT2D eigenvalue weighted by molar-refractivity contribution is 5.82. The van der Waals surface area contributed by atoms with Gasteiger partial charge in [-0.1, -0.05) is 66.7 Å². The van der Waals surface area contributed by atoms with Crippen molar-refractivity contribution in [1.82, 2.24) is 4.90 Å². The van der Waals surface area contributed by atoms with Gasteiger partial charge >= 0.3 is 0 Å². The predicted octanol–water partition coefficient (Wildman–Crippen LogP) is 4.01. The van der Waals surface area contributed by atoms with Gasteiger partial charge in [0.2, 0.25) is 0 Å². The molecule has 1 aliphatic heterocycles. The van der Waals surface area contributed by atoms with Crippen LogP contribution in [0, 0.1) is 5.92 Å². The largest absolute Gasteiger partial charge is 0.330 e. The second kappa shape index (κ2) is 6.76. The van der Waals surface area contributed by atoms with E-state index in [9.17, 15) is 0 Å². The van der Waals surface area contributed by atoms with Gasteiger partial charge in [-0.2, -0.15) is 0 Å². The number of hydrogen-bond acceptors (Lipinski definition) is 2. The first-order valence-electron chi connectivity index (χ1n) is 8.78. The van der Waals surface area contributed by atoms with Gasteiger partial charge in [0.25, 0.3) is 0 Å². The molecule has 2 N–H and O–H groups in total. The Morgan fingerprint density at radius 1 is 0.833 bits per heavy atom. The summed E-state index contributed by atoms with van der Waals surface area (Å²) >= 11 is 0. The minimum atomic E-state index is 0.549. The van der Waals surface area contributed by atoms with Crippen LogP contribution in [0.15, 0.2) is 72.8 Å². The van der Waals surface area contributed by atoms with Gasteiger partial charge in [-0.15, -0.1) is 0 Å². The van der Waals surface area contributed by atoms with Gasteiger partial charge in [-0.05, 0) is 40.4 Å². The Morgan fingerprint density at radius 2 is 1.58 bits per heavy atom. The summed E-state index contributed by atoms with van der Waals surface area (Å²) in [6, 6.07) is 26.2. The second-order valence-corrected chi connectivity index (χ2v) is 6.89.